The number of hydrogen-bond acceptors (Lipinski definition) is 6. The van der Waals surface area contributed by atoms with E-state index in [4.69, 9.17) is 19.5 Å². The molecule has 0 saturated heterocycles. The molecular weight excluding hydrogens is 322 g/mol. The minimum atomic E-state index is -0.756. The Morgan fingerprint density at radius 3 is 2.80 bits per heavy atom. The molecule has 1 aliphatic rings. The summed E-state index contributed by atoms with van der Waals surface area (Å²) in [6.07, 6.45) is 0.748. The number of carbonyl (C=O) groups excluding carboxylic acids is 1. The molecule has 0 spiro atoms. The number of benzene rings is 2. The Labute approximate surface area is 144 Å². The van der Waals surface area contributed by atoms with E-state index in [0.29, 0.717) is 17.2 Å². The highest BCUT2D eigenvalue weighted by atomic mass is 16.6. The Morgan fingerprint density at radius 2 is 2.04 bits per heavy atom. The molecule has 1 aliphatic heterocycles. The van der Waals surface area contributed by atoms with E-state index in [1.165, 1.54) is 6.21 Å². The van der Waals surface area contributed by atoms with Gasteiger partial charge in [0, 0.05) is 0 Å². The van der Waals surface area contributed by atoms with Gasteiger partial charge in [0.1, 0.15) is 18.4 Å². The van der Waals surface area contributed by atoms with Crippen LogP contribution in [0.4, 0.5) is 0 Å². The number of nitrogens with one attached hydrogen (secondary N) is 1. The van der Waals surface area contributed by atoms with Crippen molar-refractivity contribution in [3.8, 4) is 23.3 Å². The molecule has 126 valence electrons. The maximum absolute atomic E-state index is 12.1. The first-order chi connectivity index (χ1) is 12.3. The van der Waals surface area contributed by atoms with Crippen molar-refractivity contribution in [2.75, 3.05) is 13.2 Å². The van der Waals surface area contributed by atoms with Crippen molar-refractivity contribution in [2.45, 2.75) is 6.10 Å². The van der Waals surface area contributed by atoms with Gasteiger partial charge in [-0.25, -0.2) is 5.43 Å². The third kappa shape index (κ3) is 4.26. The molecule has 0 fully saturated rings. The molecule has 2 aromatic carbocycles. The van der Waals surface area contributed by atoms with Crippen LogP contribution in [0.3, 0.4) is 0 Å². The van der Waals surface area contributed by atoms with Gasteiger partial charge in [-0.2, -0.15) is 10.4 Å². The molecule has 3 rings (SSSR count). The molecule has 1 heterocycles. The van der Waals surface area contributed by atoms with Crippen LogP contribution in [0.25, 0.3) is 0 Å². The molecule has 25 heavy (non-hydrogen) atoms. The Bertz CT molecular complexity index is 812. The molecule has 0 bridgehead atoms. The highest BCUT2D eigenvalue weighted by Gasteiger charge is 2.26. The van der Waals surface area contributed by atoms with Crippen LogP contribution in [0.5, 0.6) is 17.2 Å². The van der Waals surface area contributed by atoms with Crippen molar-refractivity contribution in [1.82, 2.24) is 5.43 Å². The van der Waals surface area contributed by atoms with E-state index in [1.807, 2.05) is 18.2 Å². The quantitative estimate of drug-likeness (QED) is 0.664. The standard InChI is InChI=1S/C18H15N3O4/c19-9-10-23-14-7-5-13(6-8-14)11-20-21-18(22)17-12-24-15-3-1-2-4-16(15)25-17/h1-8,11,17H,10,12H2,(H,21,22)/b20-11+. The van der Waals surface area contributed by atoms with Crippen LogP contribution in [-0.4, -0.2) is 31.4 Å². The number of carbonyl (C=O) groups is 1. The van der Waals surface area contributed by atoms with Crippen LogP contribution < -0.4 is 19.6 Å². The number of rotatable bonds is 5. The van der Waals surface area contributed by atoms with Gasteiger partial charge in [-0.15, -0.1) is 0 Å². The zero-order valence-corrected chi connectivity index (χ0v) is 13.2. The topological polar surface area (TPSA) is 92.9 Å². The predicted molar refractivity (Wildman–Crippen MR) is 89.6 cm³/mol. The number of nitriles is 1. The van der Waals surface area contributed by atoms with E-state index >= 15 is 0 Å². The second kappa shape index (κ2) is 7.84. The van der Waals surface area contributed by atoms with Crippen molar-refractivity contribution >= 4 is 12.1 Å². The Kier molecular flexibility index (Phi) is 5.12. The SMILES string of the molecule is N#CCOc1ccc(/C=N/NC(=O)C2COc3ccccc3O2)cc1. The Balaban J connectivity index is 1.52. The zero-order chi connectivity index (χ0) is 17.5. The van der Waals surface area contributed by atoms with Gasteiger partial charge in [-0.05, 0) is 42.0 Å². The fourth-order valence-electron chi connectivity index (χ4n) is 2.16. The molecule has 2 aromatic rings. The maximum Gasteiger partial charge on any atom is 0.284 e. The van der Waals surface area contributed by atoms with Gasteiger partial charge in [0.15, 0.2) is 18.1 Å². The molecule has 0 radical (unpaired) electrons. The fourth-order valence-corrected chi connectivity index (χ4v) is 2.16. The molecule has 1 atom stereocenters. The first-order valence-electron chi connectivity index (χ1n) is 7.57. The smallest absolute Gasteiger partial charge is 0.284 e. The van der Waals surface area contributed by atoms with Crippen LogP contribution in [0.2, 0.25) is 0 Å². The molecule has 1 unspecified atom stereocenters. The molecule has 7 nitrogen and oxygen atoms in total. The normalized spacial score (nSPS) is 15.4. The largest absolute Gasteiger partial charge is 0.485 e. The molecule has 1 N–H and O–H groups in total. The molecule has 0 saturated carbocycles. The van der Waals surface area contributed by atoms with E-state index in [1.54, 1.807) is 36.4 Å². The first kappa shape index (κ1) is 16.3. The lowest BCUT2D eigenvalue weighted by Crippen LogP contribution is -2.42. The van der Waals surface area contributed by atoms with Crippen molar-refractivity contribution in [2.24, 2.45) is 5.10 Å². The fraction of sp³-hybridized carbons (Fsp3) is 0.167. The Morgan fingerprint density at radius 1 is 1.28 bits per heavy atom. The summed E-state index contributed by atoms with van der Waals surface area (Å²) < 4.78 is 16.2. The average molecular weight is 337 g/mol. The number of amides is 1. The van der Waals surface area contributed by atoms with Gasteiger partial charge in [0.05, 0.1) is 6.21 Å². The van der Waals surface area contributed by atoms with Crippen LogP contribution in [0.1, 0.15) is 5.56 Å². The van der Waals surface area contributed by atoms with Crippen molar-refractivity contribution in [3.05, 3.63) is 54.1 Å². The van der Waals surface area contributed by atoms with Crippen LogP contribution in [-0.2, 0) is 4.79 Å². The average Bonchev–Trinajstić information content (AvgIpc) is 2.67. The van der Waals surface area contributed by atoms with E-state index in [2.05, 4.69) is 10.5 Å². The van der Waals surface area contributed by atoms with E-state index in [-0.39, 0.29) is 19.1 Å². The summed E-state index contributed by atoms with van der Waals surface area (Å²) >= 11 is 0. The first-order valence-corrected chi connectivity index (χ1v) is 7.57. The third-order valence-electron chi connectivity index (χ3n) is 3.37. The molecule has 7 heteroatoms. The number of ether oxygens (including phenoxy) is 3. The number of para-hydroxylation sites is 2. The Hall–Kier alpha value is -3.53. The highest BCUT2D eigenvalue weighted by Crippen LogP contribution is 2.30. The number of nitrogens with zero attached hydrogens (tertiary/aromatic N) is 2. The monoisotopic (exact) mass is 337 g/mol. The summed E-state index contributed by atoms with van der Waals surface area (Å²) in [7, 11) is 0. The number of hydrazone groups is 1. The van der Waals surface area contributed by atoms with Crippen molar-refractivity contribution in [1.29, 1.82) is 5.26 Å². The molecular formula is C18H15N3O4. The summed E-state index contributed by atoms with van der Waals surface area (Å²) in [5.41, 5.74) is 3.21. The summed E-state index contributed by atoms with van der Waals surface area (Å²) in [6, 6.07) is 16.0. The molecule has 0 aliphatic carbocycles. The summed E-state index contributed by atoms with van der Waals surface area (Å²) in [5, 5.41) is 12.4. The van der Waals surface area contributed by atoms with Gasteiger partial charge >= 0.3 is 0 Å². The van der Waals surface area contributed by atoms with Gasteiger partial charge in [0.2, 0.25) is 6.10 Å². The van der Waals surface area contributed by atoms with E-state index in [0.717, 1.165) is 5.56 Å². The molecule has 0 aromatic heterocycles. The van der Waals surface area contributed by atoms with Gasteiger partial charge in [-0.3, -0.25) is 4.79 Å². The van der Waals surface area contributed by atoms with Crippen molar-refractivity contribution < 1.29 is 19.0 Å². The number of hydrogen-bond donors (Lipinski definition) is 1. The minimum absolute atomic E-state index is 0.00389. The van der Waals surface area contributed by atoms with Gasteiger partial charge in [0.25, 0.3) is 5.91 Å². The van der Waals surface area contributed by atoms with E-state index in [9.17, 15) is 4.79 Å². The highest BCUT2D eigenvalue weighted by molar-refractivity contribution is 5.85. The van der Waals surface area contributed by atoms with Crippen molar-refractivity contribution in [3.63, 3.8) is 0 Å². The maximum atomic E-state index is 12.1. The zero-order valence-electron chi connectivity index (χ0n) is 13.2. The van der Waals surface area contributed by atoms with Gasteiger partial charge < -0.3 is 14.2 Å². The van der Waals surface area contributed by atoms with E-state index < -0.39 is 6.10 Å². The second-order valence-corrected chi connectivity index (χ2v) is 5.11. The number of fused-ring (bicyclic) bond motifs is 1. The van der Waals surface area contributed by atoms with Gasteiger partial charge in [-0.1, -0.05) is 12.1 Å². The third-order valence-corrected chi connectivity index (χ3v) is 3.37. The second-order valence-electron chi connectivity index (χ2n) is 5.11. The predicted octanol–water partition coefficient (Wildman–Crippen LogP) is 1.88. The minimum Gasteiger partial charge on any atom is -0.485 e. The lowest BCUT2D eigenvalue weighted by atomic mass is 10.2. The summed E-state index contributed by atoms with van der Waals surface area (Å²) in [4.78, 5) is 12.1. The molecule has 1 amide bonds. The lowest BCUT2D eigenvalue weighted by molar-refractivity contribution is -0.130. The lowest BCUT2D eigenvalue weighted by Gasteiger charge is -2.24. The van der Waals surface area contributed by atoms with Crippen LogP contribution >= 0.6 is 0 Å². The van der Waals surface area contributed by atoms with Crippen LogP contribution in [0.15, 0.2) is 53.6 Å². The van der Waals surface area contributed by atoms with Crippen LogP contribution in [0, 0.1) is 11.3 Å². The summed E-state index contributed by atoms with van der Waals surface area (Å²) in [6.45, 7) is 0.124. The summed E-state index contributed by atoms with van der Waals surface area (Å²) in [5.74, 6) is 1.36.